The number of aryl methyl sites for hydroxylation is 1. The number of benzene rings is 1. The molecule has 0 bridgehead atoms. The molecule has 0 radical (unpaired) electrons. The summed E-state index contributed by atoms with van der Waals surface area (Å²) in [6.45, 7) is 4.54. The summed E-state index contributed by atoms with van der Waals surface area (Å²) in [5.41, 5.74) is 2.19. The Morgan fingerprint density at radius 1 is 1.38 bits per heavy atom. The van der Waals surface area contributed by atoms with E-state index in [1.165, 1.54) is 0 Å². The Morgan fingerprint density at radius 2 is 2.14 bits per heavy atom. The number of piperidine rings is 1. The van der Waals surface area contributed by atoms with Crippen molar-refractivity contribution in [1.29, 1.82) is 0 Å². The molecule has 1 saturated heterocycles. The van der Waals surface area contributed by atoms with Crippen molar-refractivity contribution in [3.63, 3.8) is 0 Å². The first kappa shape index (κ1) is 15.0. The lowest BCUT2D eigenvalue weighted by molar-refractivity contribution is -0.134. The maximum atomic E-state index is 12.4. The molecule has 1 unspecified atom stereocenters. The van der Waals surface area contributed by atoms with Crippen LogP contribution in [0, 0.1) is 6.92 Å². The summed E-state index contributed by atoms with van der Waals surface area (Å²) in [5, 5.41) is 8.04. The molecule has 1 fully saturated rings. The van der Waals surface area contributed by atoms with Crippen LogP contribution in [-0.2, 0) is 9.59 Å². The summed E-state index contributed by atoms with van der Waals surface area (Å²) in [6.07, 6.45) is 0.573. The Bertz CT molecular complexity index is 584. The molecular formula is C15H19N3O3. The number of hydrogen-bond acceptors (Lipinski definition) is 4. The van der Waals surface area contributed by atoms with Crippen LogP contribution < -0.4 is 16.0 Å². The highest BCUT2D eigenvalue weighted by Crippen LogP contribution is 2.18. The number of rotatable bonds is 4. The van der Waals surface area contributed by atoms with Gasteiger partial charge in [0, 0.05) is 18.7 Å². The average molecular weight is 289 g/mol. The van der Waals surface area contributed by atoms with Gasteiger partial charge in [-0.05, 0) is 32.4 Å². The molecule has 0 spiro atoms. The van der Waals surface area contributed by atoms with Crippen molar-refractivity contribution >= 4 is 23.4 Å². The van der Waals surface area contributed by atoms with Crippen molar-refractivity contribution < 1.29 is 14.4 Å². The second kappa shape index (κ2) is 6.39. The van der Waals surface area contributed by atoms with Gasteiger partial charge in [-0.2, -0.15) is 0 Å². The van der Waals surface area contributed by atoms with Crippen molar-refractivity contribution in [2.24, 2.45) is 0 Å². The molecular weight excluding hydrogens is 270 g/mol. The lowest BCUT2D eigenvalue weighted by Gasteiger charge is -2.22. The van der Waals surface area contributed by atoms with Crippen molar-refractivity contribution in [2.45, 2.75) is 32.7 Å². The Labute approximate surface area is 123 Å². The van der Waals surface area contributed by atoms with Gasteiger partial charge in [-0.1, -0.05) is 11.6 Å². The topological polar surface area (TPSA) is 87.3 Å². The summed E-state index contributed by atoms with van der Waals surface area (Å²) in [5.74, 6) is -1.06. The van der Waals surface area contributed by atoms with E-state index in [1.54, 1.807) is 6.07 Å². The SMILES string of the molecule is CCNc1ccc(C)cc1C(=O)NC1CCC(=O)NC1=O. The van der Waals surface area contributed by atoms with Gasteiger partial charge in [-0.3, -0.25) is 19.7 Å². The third-order valence-corrected chi connectivity index (χ3v) is 3.33. The van der Waals surface area contributed by atoms with Crippen LogP contribution in [0.4, 0.5) is 5.69 Å². The second-order valence-corrected chi connectivity index (χ2v) is 5.06. The Hall–Kier alpha value is -2.37. The zero-order valence-corrected chi connectivity index (χ0v) is 12.2. The van der Waals surface area contributed by atoms with E-state index in [0.29, 0.717) is 18.5 Å². The van der Waals surface area contributed by atoms with Gasteiger partial charge in [-0.15, -0.1) is 0 Å². The maximum Gasteiger partial charge on any atom is 0.254 e. The van der Waals surface area contributed by atoms with Gasteiger partial charge < -0.3 is 10.6 Å². The van der Waals surface area contributed by atoms with E-state index < -0.39 is 11.9 Å². The first-order valence-corrected chi connectivity index (χ1v) is 7.00. The Morgan fingerprint density at radius 3 is 2.81 bits per heavy atom. The number of nitrogens with one attached hydrogen (secondary N) is 3. The molecule has 1 aromatic rings. The third-order valence-electron chi connectivity index (χ3n) is 3.33. The Kier molecular flexibility index (Phi) is 4.57. The molecule has 1 aromatic carbocycles. The van der Waals surface area contributed by atoms with E-state index in [9.17, 15) is 14.4 Å². The zero-order valence-electron chi connectivity index (χ0n) is 12.2. The number of hydrogen-bond donors (Lipinski definition) is 3. The van der Waals surface area contributed by atoms with Crippen LogP contribution >= 0.6 is 0 Å². The predicted octanol–water partition coefficient (Wildman–Crippen LogP) is 0.962. The molecule has 0 aromatic heterocycles. The monoisotopic (exact) mass is 289 g/mol. The fourth-order valence-electron chi connectivity index (χ4n) is 2.26. The fourth-order valence-corrected chi connectivity index (χ4v) is 2.26. The minimum Gasteiger partial charge on any atom is -0.385 e. The van der Waals surface area contributed by atoms with E-state index in [0.717, 1.165) is 11.3 Å². The third kappa shape index (κ3) is 3.59. The lowest BCUT2D eigenvalue weighted by atomic mass is 10.0. The van der Waals surface area contributed by atoms with Crippen LogP contribution in [0.3, 0.4) is 0 Å². The molecule has 3 amide bonds. The first-order valence-electron chi connectivity index (χ1n) is 7.00. The second-order valence-electron chi connectivity index (χ2n) is 5.06. The number of imide groups is 1. The highest BCUT2D eigenvalue weighted by Gasteiger charge is 2.28. The molecule has 2 rings (SSSR count). The summed E-state index contributed by atoms with van der Waals surface area (Å²) >= 11 is 0. The van der Waals surface area contributed by atoms with E-state index in [-0.39, 0.29) is 18.2 Å². The van der Waals surface area contributed by atoms with Crippen LogP contribution in [0.25, 0.3) is 0 Å². The van der Waals surface area contributed by atoms with E-state index in [4.69, 9.17) is 0 Å². The molecule has 1 aliphatic heterocycles. The van der Waals surface area contributed by atoms with Crippen LogP contribution in [0.15, 0.2) is 18.2 Å². The number of carbonyl (C=O) groups is 3. The molecule has 1 atom stereocenters. The summed E-state index contributed by atoms with van der Waals surface area (Å²) in [7, 11) is 0. The van der Waals surface area contributed by atoms with E-state index in [1.807, 2.05) is 26.0 Å². The minimum absolute atomic E-state index is 0.241. The largest absolute Gasteiger partial charge is 0.385 e. The number of carbonyl (C=O) groups excluding carboxylic acids is 3. The summed E-state index contributed by atoms with van der Waals surface area (Å²) in [4.78, 5) is 35.2. The van der Waals surface area contributed by atoms with Crippen LogP contribution in [0.5, 0.6) is 0 Å². The first-order chi connectivity index (χ1) is 10.0. The normalized spacial score (nSPS) is 18.1. The molecule has 6 nitrogen and oxygen atoms in total. The van der Waals surface area contributed by atoms with Crippen LogP contribution in [-0.4, -0.2) is 30.3 Å². The predicted molar refractivity (Wildman–Crippen MR) is 79.0 cm³/mol. The number of amides is 3. The van der Waals surface area contributed by atoms with Gasteiger partial charge in [0.25, 0.3) is 5.91 Å². The van der Waals surface area contributed by atoms with Crippen LogP contribution in [0.1, 0.15) is 35.7 Å². The highest BCUT2D eigenvalue weighted by atomic mass is 16.2. The molecule has 3 N–H and O–H groups in total. The van der Waals surface area contributed by atoms with Gasteiger partial charge in [-0.25, -0.2) is 0 Å². The maximum absolute atomic E-state index is 12.4. The smallest absolute Gasteiger partial charge is 0.254 e. The molecule has 21 heavy (non-hydrogen) atoms. The fraction of sp³-hybridized carbons (Fsp3) is 0.400. The van der Waals surface area contributed by atoms with Gasteiger partial charge in [0.1, 0.15) is 6.04 Å². The van der Waals surface area contributed by atoms with E-state index in [2.05, 4.69) is 16.0 Å². The zero-order chi connectivity index (χ0) is 15.4. The quantitative estimate of drug-likeness (QED) is 0.721. The minimum atomic E-state index is -0.662. The van der Waals surface area contributed by atoms with Gasteiger partial charge in [0.05, 0.1) is 5.56 Å². The van der Waals surface area contributed by atoms with Crippen molar-refractivity contribution in [3.05, 3.63) is 29.3 Å². The lowest BCUT2D eigenvalue weighted by Crippen LogP contribution is -2.52. The molecule has 1 heterocycles. The average Bonchev–Trinajstić information content (AvgIpc) is 2.44. The van der Waals surface area contributed by atoms with Gasteiger partial charge in [0.2, 0.25) is 11.8 Å². The van der Waals surface area contributed by atoms with Gasteiger partial charge in [0.15, 0.2) is 0 Å². The molecule has 112 valence electrons. The van der Waals surface area contributed by atoms with Crippen molar-refractivity contribution in [1.82, 2.24) is 10.6 Å². The summed E-state index contributed by atoms with van der Waals surface area (Å²) < 4.78 is 0. The highest BCUT2D eigenvalue weighted by molar-refractivity contribution is 6.05. The van der Waals surface area contributed by atoms with Crippen molar-refractivity contribution in [3.8, 4) is 0 Å². The standard InChI is InChI=1S/C15H19N3O3/c1-3-16-11-5-4-9(2)8-10(11)14(20)17-12-6-7-13(19)18-15(12)21/h4-5,8,12,16H,3,6-7H2,1-2H3,(H,17,20)(H,18,19,21). The van der Waals surface area contributed by atoms with Crippen LogP contribution in [0.2, 0.25) is 0 Å². The molecule has 0 aliphatic carbocycles. The Balaban J connectivity index is 2.14. The van der Waals surface area contributed by atoms with E-state index >= 15 is 0 Å². The molecule has 6 heteroatoms. The molecule has 1 aliphatic rings. The summed E-state index contributed by atoms with van der Waals surface area (Å²) in [6, 6.07) is 4.88. The molecule has 0 saturated carbocycles. The van der Waals surface area contributed by atoms with Gasteiger partial charge >= 0.3 is 0 Å². The van der Waals surface area contributed by atoms with Crippen molar-refractivity contribution in [2.75, 3.05) is 11.9 Å². The number of anilines is 1.